The first-order chi connectivity index (χ1) is 45.8. The van der Waals surface area contributed by atoms with Crippen LogP contribution in [0.2, 0.25) is 0 Å². The molecule has 3 heterocycles. The van der Waals surface area contributed by atoms with Crippen LogP contribution in [-0.4, -0.2) is 195 Å². The number of aliphatic hydroxyl groups excluding tert-OH is 1. The van der Waals surface area contributed by atoms with Gasteiger partial charge in [-0.15, -0.1) is 38.5 Å². The summed E-state index contributed by atoms with van der Waals surface area (Å²) in [5.41, 5.74) is -3.02. The monoisotopic (exact) mass is 1320 g/mol. The SMILES string of the molecule is C#CCO[C@@H]([C@@H]1O[C@@](Sc2ccccc2)(C(=O)OC)C[C@H](OCC#C)[C@H]1N(C(C)=O)C(C)=O)[C@H](OCC#C)[C@@H](O)[C@]1(C(=O)OC)C[C@H](OCC#C)[C@@H](N(C(C)=O)C(C)=O)[C@H]([C@H](OCC#C)[C@H](OCC#C)C2Oc3ccc(OC)cc3C(c3ccccc3)(c3ccccc3)O2)O1. The Morgan fingerprint density at radius 1 is 0.558 bits per heavy atom. The van der Waals surface area contributed by atoms with E-state index in [1.165, 1.54) is 7.11 Å². The van der Waals surface area contributed by atoms with Gasteiger partial charge in [0.15, 0.2) is 11.2 Å². The highest BCUT2D eigenvalue weighted by molar-refractivity contribution is 8.01. The van der Waals surface area contributed by atoms with Crippen molar-refractivity contribution in [2.24, 2.45) is 0 Å². The summed E-state index contributed by atoms with van der Waals surface area (Å²) in [6.07, 6.45) is 15.0. The first-order valence-corrected chi connectivity index (χ1v) is 30.6. The summed E-state index contributed by atoms with van der Waals surface area (Å²) < 4.78 is 84.6. The highest BCUT2D eigenvalue weighted by Gasteiger charge is 2.67. The van der Waals surface area contributed by atoms with Gasteiger partial charge in [-0.1, -0.05) is 126 Å². The lowest BCUT2D eigenvalue weighted by molar-refractivity contribution is -0.304. The number of terminal acetylenes is 6. The number of benzene rings is 4. The van der Waals surface area contributed by atoms with Crippen LogP contribution >= 0.6 is 11.8 Å². The molecule has 0 aromatic heterocycles. The van der Waals surface area contributed by atoms with Crippen molar-refractivity contribution >= 4 is 47.3 Å². The summed E-state index contributed by atoms with van der Waals surface area (Å²) >= 11 is 0.854. The van der Waals surface area contributed by atoms with Gasteiger partial charge in [-0.2, -0.15) is 0 Å². The Morgan fingerprint density at radius 3 is 1.48 bits per heavy atom. The molecule has 4 aromatic carbocycles. The van der Waals surface area contributed by atoms with Crippen LogP contribution in [0.15, 0.2) is 114 Å². The smallest absolute Gasteiger partial charge is 0.349 e. The maximum atomic E-state index is 15.7. The number of methoxy groups -OCH3 is 3. The van der Waals surface area contributed by atoms with Gasteiger partial charge < -0.3 is 66.7 Å². The average molecular weight is 1320 g/mol. The average Bonchev–Trinajstić information content (AvgIpc) is 0.731. The number of rotatable bonds is 28. The van der Waals surface area contributed by atoms with E-state index < -0.39 is 177 Å². The zero-order valence-corrected chi connectivity index (χ0v) is 54.3. The zero-order chi connectivity index (χ0) is 69.0. The number of aliphatic hydroxyl groups is 1. The van der Waals surface area contributed by atoms with Gasteiger partial charge in [0.05, 0.1) is 45.6 Å². The van der Waals surface area contributed by atoms with E-state index >= 15 is 4.79 Å². The summed E-state index contributed by atoms with van der Waals surface area (Å²) in [5.74, 6) is 9.13. The molecule has 14 atom stereocenters. The molecule has 0 spiro atoms. The Kier molecular flexibility index (Phi) is 26.2. The Hall–Kier alpha value is -8.99. The van der Waals surface area contributed by atoms with Crippen molar-refractivity contribution in [3.63, 3.8) is 0 Å². The zero-order valence-electron chi connectivity index (χ0n) is 53.4. The summed E-state index contributed by atoms with van der Waals surface area (Å²) in [7, 11) is 3.56. The van der Waals surface area contributed by atoms with Crippen LogP contribution in [0, 0.1) is 74.1 Å². The fraction of sp³-hybridized carbons (Fsp3) is 0.417. The number of fused-ring (bicyclic) bond motifs is 1. The number of esters is 2. The number of hydrogen-bond acceptors (Lipinski definition) is 21. The van der Waals surface area contributed by atoms with Crippen molar-refractivity contribution in [2.45, 2.75) is 135 Å². The van der Waals surface area contributed by atoms with Crippen LogP contribution in [0.25, 0.3) is 0 Å². The molecule has 0 aliphatic carbocycles. The topological polar surface area (TPSA) is 249 Å². The standard InChI is InChI=1S/C72H74N2O20S/c1-14-37-85-56-44-70(68(80)83-12,66(79)64(89-41-18-5)62(87-39-16-3)61-59(74(48(9)77)49(10)78)57(86-38-15-2)45-71(93-61,69(81)84-13)95-53-33-27-22-28-34-53)92-60(58(56)73(46(7)75)47(8)76)63(88-40-17-4)65(90-42-19-6)67-91-55-36-35-52(82-11)43-54(55)72(94-67,50-29-23-20-24-30-50)51-31-25-21-26-32-51/h1-6,20-36,43,56-67,79H,37-42,44-45H2,7-13H3/t56-,57-,58+,59+,60+,61+,62-,63-,64-,65-,66+,67?,70-,71-/m0/s1. The molecule has 4 aromatic rings. The molecular formula is C72H74N2O20S. The van der Waals surface area contributed by atoms with Crippen molar-refractivity contribution in [1.29, 1.82) is 0 Å². The van der Waals surface area contributed by atoms with Crippen molar-refractivity contribution in [3.05, 3.63) is 126 Å². The minimum atomic E-state index is -2.99. The Balaban J connectivity index is 1.56. The molecule has 4 amide bonds. The lowest BCUT2D eigenvalue weighted by Gasteiger charge is -2.55. The van der Waals surface area contributed by atoms with Crippen LogP contribution in [0.5, 0.6) is 11.5 Å². The molecular weight excluding hydrogens is 1240 g/mol. The largest absolute Gasteiger partial charge is 0.497 e. The van der Waals surface area contributed by atoms with E-state index in [1.807, 2.05) is 60.7 Å². The molecule has 3 aliphatic heterocycles. The van der Waals surface area contributed by atoms with Gasteiger partial charge in [-0.05, 0) is 41.5 Å². The van der Waals surface area contributed by atoms with E-state index in [-0.39, 0.29) is 5.75 Å². The fourth-order valence-corrected chi connectivity index (χ4v) is 13.7. The van der Waals surface area contributed by atoms with Gasteiger partial charge >= 0.3 is 11.9 Å². The molecule has 22 nitrogen and oxygen atoms in total. The number of ether oxygens (including phenoxy) is 13. The van der Waals surface area contributed by atoms with Gasteiger partial charge in [-0.3, -0.25) is 29.0 Å². The summed E-state index contributed by atoms with van der Waals surface area (Å²) in [6.45, 7) is 0.686. The van der Waals surface area contributed by atoms with Crippen molar-refractivity contribution in [1.82, 2.24) is 9.80 Å². The van der Waals surface area contributed by atoms with Crippen LogP contribution in [-0.2, 0) is 86.5 Å². The first-order valence-electron chi connectivity index (χ1n) is 29.8. The van der Waals surface area contributed by atoms with Gasteiger partial charge in [0.1, 0.15) is 93.9 Å². The van der Waals surface area contributed by atoms with E-state index in [9.17, 15) is 29.1 Å². The second-order valence-electron chi connectivity index (χ2n) is 21.8. The van der Waals surface area contributed by atoms with Gasteiger partial charge in [-0.25, -0.2) is 9.59 Å². The third-order valence-corrected chi connectivity index (χ3v) is 17.4. The molecule has 2 saturated heterocycles. The van der Waals surface area contributed by atoms with E-state index in [0.717, 1.165) is 63.5 Å². The third kappa shape index (κ3) is 15.9. The highest BCUT2D eigenvalue weighted by atomic mass is 32.2. The number of amides is 4. The summed E-state index contributed by atoms with van der Waals surface area (Å²) in [4.78, 5) is 87.0. The minimum Gasteiger partial charge on any atom is -0.497 e. The van der Waals surface area contributed by atoms with Crippen molar-refractivity contribution in [2.75, 3.05) is 61.0 Å². The van der Waals surface area contributed by atoms with Crippen LogP contribution < -0.4 is 9.47 Å². The minimum absolute atomic E-state index is 0.220. The van der Waals surface area contributed by atoms with Gasteiger partial charge in [0, 0.05) is 51.0 Å². The second kappa shape index (κ2) is 33.9. The lowest BCUT2D eigenvalue weighted by atomic mass is 9.76. The van der Waals surface area contributed by atoms with E-state index in [2.05, 4.69) is 35.5 Å². The molecule has 95 heavy (non-hydrogen) atoms. The number of hydrogen-bond donors (Lipinski definition) is 1. The molecule has 498 valence electrons. The van der Waals surface area contributed by atoms with E-state index in [1.54, 1.807) is 48.5 Å². The Bertz CT molecular complexity index is 3540. The summed E-state index contributed by atoms with van der Waals surface area (Å²) in [6, 6.07) is 28.2. The number of carbonyl (C=O) groups is 6. The van der Waals surface area contributed by atoms with Crippen LogP contribution in [0.1, 0.15) is 57.2 Å². The number of imide groups is 2. The number of nitrogens with zero attached hydrogens (tertiary/aromatic N) is 2. The van der Waals surface area contributed by atoms with Crippen molar-refractivity contribution in [3.8, 4) is 85.6 Å². The third-order valence-electron chi connectivity index (χ3n) is 16.1. The quantitative estimate of drug-likeness (QED) is 0.0588. The van der Waals surface area contributed by atoms with E-state index in [4.69, 9.17) is 100 Å². The van der Waals surface area contributed by atoms with Crippen LogP contribution in [0.3, 0.4) is 0 Å². The Morgan fingerprint density at radius 2 is 1.01 bits per heavy atom. The Labute approximate surface area is 557 Å². The lowest BCUT2D eigenvalue weighted by Crippen LogP contribution is -2.75. The second-order valence-corrected chi connectivity index (χ2v) is 23.1. The normalized spacial score (nSPS) is 24.0. The summed E-state index contributed by atoms with van der Waals surface area (Å²) in [5, 5.41) is 14.0. The molecule has 23 heteroatoms. The molecule has 1 N–H and O–H groups in total. The number of carbonyl (C=O) groups excluding carboxylic acids is 6. The van der Waals surface area contributed by atoms with E-state index in [0.29, 0.717) is 27.3 Å². The van der Waals surface area contributed by atoms with Crippen molar-refractivity contribution < 1.29 is 95.5 Å². The molecule has 7 rings (SSSR count). The highest BCUT2D eigenvalue weighted by Crippen LogP contribution is 2.52. The molecule has 0 saturated carbocycles. The van der Waals surface area contributed by atoms with Crippen LogP contribution in [0.4, 0.5) is 0 Å². The first kappa shape index (κ1) is 73.4. The predicted molar refractivity (Wildman–Crippen MR) is 343 cm³/mol. The number of thioether (sulfide) groups is 1. The molecule has 2 fully saturated rings. The predicted octanol–water partition coefficient (Wildman–Crippen LogP) is 4.87. The molecule has 0 bridgehead atoms. The maximum absolute atomic E-state index is 15.7. The fourth-order valence-electron chi connectivity index (χ4n) is 12.5. The molecule has 1 unspecified atom stereocenters. The molecule has 3 aliphatic rings. The molecule has 0 radical (unpaired) electrons. The van der Waals surface area contributed by atoms with Gasteiger partial charge in [0.2, 0.25) is 34.9 Å². The van der Waals surface area contributed by atoms with Gasteiger partial charge in [0.25, 0.3) is 0 Å². The maximum Gasteiger partial charge on any atom is 0.349 e.